The molecule has 0 aromatic carbocycles. The highest BCUT2D eigenvalue weighted by atomic mass is 16.6. The van der Waals surface area contributed by atoms with Crippen LogP contribution < -0.4 is 11.1 Å². The van der Waals surface area contributed by atoms with Gasteiger partial charge in [-0.3, -0.25) is 5.32 Å². The number of aryl methyl sites for hydroxylation is 1. The molecule has 1 aliphatic rings. The predicted molar refractivity (Wildman–Crippen MR) is 69.3 cm³/mol. The minimum absolute atomic E-state index is 0.0723. The molecule has 0 radical (unpaired) electrons. The molecule has 1 heterocycles. The number of nitrogens with two attached hydrogens (primary N) is 1. The maximum absolute atomic E-state index is 11.6. The van der Waals surface area contributed by atoms with Gasteiger partial charge in [-0.25, -0.2) is 9.78 Å². The molecule has 18 heavy (non-hydrogen) atoms. The van der Waals surface area contributed by atoms with Crippen molar-refractivity contribution in [3.8, 4) is 0 Å². The lowest BCUT2D eigenvalue weighted by Crippen LogP contribution is -2.27. The second-order valence-electron chi connectivity index (χ2n) is 5.50. The van der Waals surface area contributed by atoms with Gasteiger partial charge in [0.25, 0.3) is 0 Å². The number of nitrogens with zero attached hydrogens (tertiary/aromatic N) is 1. The van der Waals surface area contributed by atoms with E-state index in [0.717, 1.165) is 24.1 Å². The fraction of sp³-hybridized carbons (Fsp3) is 0.538. The van der Waals surface area contributed by atoms with Crippen molar-refractivity contribution < 1.29 is 9.53 Å². The highest BCUT2D eigenvalue weighted by Crippen LogP contribution is 2.28. The zero-order valence-electron chi connectivity index (χ0n) is 11.0. The van der Waals surface area contributed by atoms with Crippen molar-refractivity contribution in [3.05, 3.63) is 23.4 Å². The number of carbonyl (C=O) groups is 1. The number of nitrogens with one attached hydrogen (secondary N) is 1. The van der Waals surface area contributed by atoms with Gasteiger partial charge in [0.1, 0.15) is 11.4 Å². The van der Waals surface area contributed by atoms with Crippen molar-refractivity contribution in [2.75, 3.05) is 5.32 Å². The largest absolute Gasteiger partial charge is 0.444 e. The van der Waals surface area contributed by atoms with Crippen molar-refractivity contribution in [2.45, 2.75) is 45.3 Å². The molecule has 5 nitrogen and oxygen atoms in total. The summed E-state index contributed by atoms with van der Waals surface area (Å²) in [4.78, 5) is 16.0. The van der Waals surface area contributed by atoms with E-state index in [1.54, 1.807) is 6.07 Å². The lowest BCUT2D eigenvalue weighted by atomic mass is 10.2. The maximum atomic E-state index is 11.6. The first-order valence-corrected chi connectivity index (χ1v) is 6.10. The lowest BCUT2D eigenvalue weighted by Gasteiger charge is -2.19. The van der Waals surface area contributed by atoms with E-state index >= 15 is 0 Å². The molecule has 0 fully saturated rings. The fourth-order valence-electron chi connectivity index (χ4n) is 1.98. The molecule has 0 saturated heterocycles. The van der Waals surface area contributed by atoms with Crippen molar-refractivity contribution >= 4 is 11.9 Å². The third-order valence-corrected chi connectivity index (χ3v) is 2.73. The van der Waals surface area contributed by atoms with Crippen LogP contribution in [0.2, 0.25) is 0 Å². The molecule has 1 atom stereocenters. The summed E-state index contributed by atoms with van der Waals surface area (Å²) in [5.41, 5.74) is 7.46. The number of amides is 1. The van der Waals surface area contributed by atoms with Gasteiger partial charge in [-0.15, -0.1) is 0 Å². The van der Waals surface area contributed by atoms with Crippen LogP contribution >= 0.6 is 0 Å². The number of carbonyl (C=O) groups excluding carboxylic acids is 1. The van der Waals surface area contributed by atoms with Gasteiger partial charge in [-0.05, 0) is 45.2 Å². The minimum Gasteiger partial charge on any atom is -0.444 e. The standard InChI is InChI=1S/C13H19N3O2/c1-13(2,3)18-12(17)16-11-7-4-8-9(14)5-6-10(8)15-11/h4,7,9H,5-6,14H2,1-3H3,(H,15,16,17)/t9-/m1/s1. The zero-order valence-corrected chi connectivity index (χ0v) is 11.0. The monoisotopic (exact) mass is 249 g/mol. The van der Waals surface area contributed by atoms with Crippen molar-refractivity contribution in [3.63, 3.8) is 0 Å². The van der Waals surface area contributed by atoms with Crippen LogP contribution in [0.4, 0.5) is 10.6 Å². The molecular formula is C13H19N3O2. The molecule has 3 N–H and O–H groups in total. The SMILES string of the molecule is CC(C)(C)OC(=O)Nc1ccc2c(n1)CC[C@H]2N. The van der Waals surface area contributed by atoms with Crippen molar-refractivity contribution in [1.29, 1.82) is 0 Å². The number of rotatable bonds is 1. The highest BCUT2D eigenvalue weighted by molar-refractivity contribution is 5.83. The summed E-state index contributed by atoms with van der Waals surface area (Å²) in [5, 5.41) is 2.63. The third kappa shape index (κ3) is 2.98. The average Bonchev–Trinajstić information content (AvgIpc) is 2.57. The number of hydrogen-bond acceptors (Lipinski definition) is 4. The van der Waals surface area contributed by atoms with E-state index < -0.39 is 11.7 Å². The van der Waals surface area contributed by atoms with Gasteiger partial charge >= 0.3 is 6.09 Å². The summed E-state index contributed by atoms with van der Waals surface area (Å²) in [7, 11) is 0. The molecule has 2 rings (SSSR count). The minimum atomic E-state index is -0.511. The maximum Gasteiger partial charge on any atom is 0.413 e. The smallest absolute Gasteiger partial charge is 0.413 e. The summed E-state index contributed by atoms with van der Waals surface area (Å²) in [6.45, 7) is 5.46. The van der Waals surface area contributed by atoms with E-state index in [1.807, 2.05) is 26.8 Å². The summed E-state index contributed by atoms with van der Waals surface area (Å²) in [6, 6.07) is 3.75. The molecule has 1 aromatic heterocycles. The Hall–Kier alpha value is -1.62. The van der Waals surface area contributed by atoms with E-state index in [-0.39, 0.29) is 6.04 Å². The topological polar surface area (TPSA) is 77.2 Å². The van der Waals surface area contributed by atoms with Crippen LogP contribution in [0.3, 0.4) is 0 Å². The van der Waals surface area contributed by atoms with Crippen molar-refractivity contribution in [2.24, 2.45) is 5.73 Å². The number of anilines is 1. The Morgan fingerprint density at radius 2 is 2.22 bits per heavy atom. The number of aromatic nitrogens is 1. The summed E-state index contributed by atoms with van der Waals surface area (Å²) < 4.78 is 5.17. The average molecular weight is 249 g/mol. The van der Waals surface area contributed by atoms with Gasteiger partial charge in [-0.1, -0.05) is 6.07 Å². The molecule has 1 aromatic rings. The summed E-state index contributed by atoms with van der Waals surface area (Å²) in [5.74, 6) is 0.511. The summed E-state index contributed by atoms with van der Waals surface area (Å²) >= 11 is 0. The molecule has 0 aliphatic heterocycles. The Balaban J connectivity index is 2.05. The molecular weight excluding hydrogens is 230 g/mol. The first kappa shape index (κ1) is 12.8. The Labute approximate surface area is 107 Å². The van der Waals surface area contributed by atoms with Crippen LogP contribution in [0.15, 0.2) is 12.1 Å². The van der Waals surface area contributed by atoms with Gasteiger partial charge < -0.3 is 10.5 Å². The highest BCUT2D eigenvalue weighted by Gasteiger charge is 2.21. The van der Waals surface area contributed by atoms with Gasteiger partial charge in [-0.2, -0.15) is 0 Å². The first-order valence-electron chi connectivity index (χ1n) is 6.10. The van der Waals surface area contributed by atoms with E-state index in [4.69, 9.17) is 10.5 Å². The van der Waals surface area contributed by atoms with E-state index in [9.17, 15) is 4.79 Å². The predicted octanol–water partition coefficient (Wildman–Crippen LogP) is 2.37. The van der Waals surface area contributed by atoms with Crippen LogP contribution in [0.1, 0.15) is 44.5 Å². The normalized spacial score (nSPS) is 18.3. The molecule has 0 bridgehead atoms. The number of ether oxygens (including phenoxy) is 1. The molecule has 0 saturated carbocycles. The Kier molecular flexibility index (Phi) is 3.26. The Morgan fingerprint density at radius 1 is 1.50 bits per heavy atom. The zero-order chi connectivity index (χ0) is 13.3. The van der Waals surface area contributed by atoms with Crippen molar-refractivity contribution in [1.82, 2.24) is 4.98 Å². The Bertz CT molecular complexity index is 466. The van der Waals surface area contributed by atoms with Crippen LogP contribution in [-0.2, 0) is 11.2 Å². The first-order chi connectivity index (χ1) is 8.35. The molecule has 1 aliphatic carbocycles. The Morgan fingerprint density at radius 3 is 2.89 bits per heavy atom. The molecule has 0 spiro atoms. The number of fused-ring (bicyclic) bond motifs is 1. The second-order valence-corrected chi connectivity index (χ2v) is 5.50. The van der Waals surface area contributed by atoms with E-state index in [2.05, 4.69) is 10.3 Å². The van der Waals surface area contributed by atoms with Crippen LogP contribution in [0.25, 0.3) is 0 Å². The van der Waals surface area contributed by atoms with E-state index in [1.165, 1.54) is 0 Å². The number of pyridine rings is 1. The quantitative estimate of drug-likeness (QED) is 0.801. The molecule has 1 amide bonds. The fourth-order valence-corrected chi connectivity index (χ4v) is 1.98. The van der Waals surface area contributed by atoms with Crippen LogP contribution in [0, 0.1) is 0 Å². The third-order valence-electron chi connectivity index (χ3n) is 2.73. The number of hydrogen-bond donors (Lipinski definition) is 2. The van der Waals surface area contributed by atoms with Gasteiger partial charge in [0.2, 0.25) is 0 Å². The van der Waals surface area contributed by atoms with Crippen LogP contribution in [-0.4, -0.2) is 16.7 Å². The second kappa shape index (κ2) is 4.57. The molecule has 5 heteroatoms. The van der Waals surface area contributed by atoms with Crippen LogP contribution in [0.5, 0.6) is 0 Å². The molecule has 98 valence electrons. The summed E-state index contributed by atoms with van der Waals surface area (Å²) in [6.07, 6.45) is 1.29. The van der Waals surface area contributed by atoms with Gasteiger partial charge in [0, 0.05) is 11.7 Å². The van der Waals surface area contributed by atoms with Gasteiger partial charge in [0.05, 0.1) is 0 Å². The van der Waals surface area contributed by atoms with E-state index in [0.29, 0.717) is 5.82 Å². The lowest BCUT2D eigenvalue weighted by molar-refractivity contribution is 0.0635. The van der Waals surface area contributed by atoms with Gasteiger partial charge in [0.15, 0.2) is 0 Å². The molecule has 0 unspecified atom stereocenters.